The Morgan fingerprint density at radius 1 is 1.13 bits per heavy atom. The molecule has 3 unspecified atom stereocenters. The molecular formula is C12H23NO2. The molecule has 3 nitrogen and oxygen atoms in total. The van der Waals surface area contributed by atoms with Gasteiger partial charge in [0.15, 0.2) is 0 Å². The van der Waals surface area contributed by atoms with Crippen molar-refractivity contribution in [1.29, 1.82) is 0 Å². The van der Waals surface area contributed by atoms with E-state index in [9.17, 15) is 5.11 Å². The Bertz CT molecular complexity index is 178. The first-order valence-electron chi connectivity index (χ1n) is 6.34. The zero-order valence-corrected chi connectivity index (χ0v) is 9.45. The Morgan fingerprint density at radius 2 is 2.07 bits per heavy atom. The van der Waals surface area contributed by atoms with Gasteiger partial charge in [0.2, 0.25) is 0 Å². The summed E-state index contributed by atoms with van der Waals surface area (Å²) in [4.78, 5) is 0. The van der Waals surface area contributed by atoms with Crippen LogP contribution >= 0.6 is 0 Å². The number of aliphatic hydroxyl groups is 1. The van der Waals surface area contributed by atoms with Crippen LogP contribution in [0.2, 0.25) is 0 Å². The lowest BCUT2D eigenvalue weighted by molar-refractivity contribution is 0.142. The number of nitrogens with one attached hydrogen (secondary N) is 1. The van der Waals surface area contributed by atoms with Crippen molar-refractivity contribution in [3.05, 3.63) is 0 Å². The van der Waals surface area contributed by atoms with Crippen LogP contribution in [0.4, 0.5) is 0 Å². The summed E-state index contributed by atoms with van der Waals surface area (Å²) in [6.07, 6.45) is 6.73. The second-order valence-corrected chi connectivity index (χ2v) is 4.98. The minimum Gasteiger partial charge on any atom is -0.393 e. The molecule has 2 rings (SSSR count). The highest BCUT2D eigenvalue weighted by molar-refractivity contribution is 4.78. The third kappa shape index (κ3) is 3.74. The van der Waals surface area contributed by atoms with Crippen molar-refractivity contribution in [2.45, 2.75) is 50.7 Å². The van der Waals surface area contributed by atoms with Crippen molar-refractivity contribution in [2.75, 3.05) is 19.8 Å². The fourth-order valence-corrected chi connectivity index (χ4v) is 2.68. The Balaban J connectivity index is 1.63. The predicted octanol–water partition coefficient (Wildman–Crippen LogP) is 1.31. The molecule has 0 aromatic carbocycles. The zero-order valence-electron chi connectivity index (χ0n) is 9.45. The monoisotopic (exact) mass is 213 g/mol. The number of aliphatic hydroxyl groups excluding tert-OH is 1. The predicted molar refractivity (Wildman–Crippen MR) is 59.8 cm³/mol. The van der Waals surface area contributed by atoms with Crippen molar-refractivity contribution in [2.24, 2.45) is 5.92 Å². The smallest absolute Gasteiger partial charge is 0.0543 e. The molecule has 0 bridgehead atoms. The van der Waals surface area contributed by atoms with E-state index in [0.717, 1.165) is 39.0 Å². The minimum absolute atomic E-state index is 0.0331. The molecular weight excluding hydrogens is 190 g/mol. The average molecular weight is 213 g/mol. The van der Waals surface area contributed by atoms with E-state index >= 15 is 0 Å². The molecule has 1 aliphatic heterocycles. The molecule has 15 heavy (non-hydrogen) atoms. The van der Waals surface area contributed by atoms with Crippen LogP contribution in [-0.2, 0) is 4.74 Å². The lowest BCUT2D eigenvalue weighted by atomic mass is 10.1. The van der Waals surface area contributed by atoms with Crippen LogP contribution in [0, 0.1) is 5.92 Å². The second-order valence-electron chi connectivity index (χ2n) is 4.98. The van der Waals surface area contributed by atoms with Crippen molar-refractivity contribution in [3.8, 4) is 0 Å². The molecule has 1 heterocycles. The van der Waals surface area contributed by atoms with E-state index in [0.29, 0.717) is 12.0 Å². The summed E-state index contributed by atoms with van der Waals surface area (Å²) in [7, 11) is 0. The summed E-state index contributed by atoms with van der Waals surface area (Å²) in [6, 6.07) is 0.644. The summed E-state index contributed by atoms with van der Waals surface area (Å²) in [5.41, 5.74) is 0. The minimum atomic E-state index is -0.0331. The third-order valence-corrected chi connectivity index (χ3v) is 3.66. The number of rotatable bonds is 3. The highest BCUT2D eigenvalue weighted by Gasteiger charge is 2.23. The summed E-state index contributed by atoms with van der Waals surface area (Å²) in [5, 5.41) is 13.1. The summed E-state index contributed by atoms with van der Waals surface area (Å²) in [5.74, 6) is 0.698. The van der Waals surface area contributed by atoms with Crippen LogP contribution in [0.15, 0.2) is 0 Å². The largest absolute Gasteiger partial charge is 0.393 e. The SMILES string of the molecule is OC1CCC(CNC2CCCOCC2)C1. The van der Waals surface area contributed by atoms with Crippen LogP contribution in [0.25, 0.3) is 0 Å². The van der Waals surface area contributed by atoms with Gasteiger partial charge in [-0.3, -0.25) is 0 Å². The summed E-state index contributed by atoms with van der Waals surface area (Å²) < 4.78 is 5.43. The topological polar surface area (TPSA) is 41.5 Å². The van der Waals surface area contributed by atoms with Gasteiger partial charge in [0, 0.05) is 19.3 Å². The number of hydrogen-bond donors (Lipinski definition) is 2. The highest BCUT2D eigenvalue weighted by atomic mass is 16.5. The van der Waals surface area contributed by atoms with Gasteiger partial charge in [0.1, 0.15) is 0 Å². The maximum Gasteiger partial charge on any atom is 0.0543 e. The van der Waals surface area contributed by atoms with Crippen molar-refractivity contribution in [1.82, 2.24) is 5.32 Å². The molecule has 3 atom stereocenters. The second kappa shape index (κ2) is 5.83. The zero-order chi connectivity index (χ0) is 10.5. The van der Waals surface area contributed by atoms with E-state index in [1.54, 1.807) is 0 Å². The average Bonchev–Trinajstić information content (AvgIpc) is 2.52. The number of hydrogen-bond acceptors (Lipinski definition) is 3. The molecule has 0 radical (unpaired) electrons. The quantitative estimate of drug-likeness (QED) is 0.742. The fourth-order valence-electron chi connectivity index (χ4n) is 2.68. The fraction of sp³-hybridized carbons (Fsp3) is 1.00. The first-order valence-corrected chi connectivity index (χ1v) is 6.34. The van der Waals surface area contributed by atoms with Gasteiger partial charge in [-0.2, -0.15) is 0 Å². The van der Waals surface area contributed by atoms with Crippen LogP contribution in [0.1, 0.15) is 38.5 Å². The van der Waals surface area contributed by atoms with E-state index in [1.807, 2.05) is 0 Å². The Hall–Kier alpha value is -0.120. The first-order chi connectivity index (χ1) is 7.34. The van der Waals surface area contributed by atoms with E-state index in [-0.39, 0.29) is 6.10 Å². The Morgan fingerprint density at radius 3 is 2.87 bits per heavy atom. The van der Waals surface area contributed by atoms with Gasteiger partial charge >= 0.3 is 0 Å². The van der Waals surface area contributed by atoms with Gasteiger partial charge < -0.3 is 15.2 Å². The molecule has 1 saturated heterocycles. The van der Waals surface area contributed by atoms with Gasteiger partial charge in [-0.1, -0.05) is 0 Å². The third-order valence-electron chi connectivity index (χ3n) is 3.66. The van der Waals surface area contributed by atoms with E-state index < -0.39 is 0 Å². The van der Waals surface area contributed by atoms with E-state index in [2.05, 4.69) is 5.32 Å². The Labute approximate surface area is 92.2 Å². The molecule has 1 aliphatic carbocycles. The molecule has 3 heteroatoms. The lowest BCUT2D eigenvalue weighted by Crippen LogP contribution is -2.33. The van der Waals surface area contributed by atoms with E-state index in [1.165, 1.54) is 19.3 Å². The van der Waals surface area contributed by atoms with Gasteiger partial charge in [0.05, 0.1) is 6.10 Å². The maximum absolute atomic E-state index is 9.43. The first kappa shape index (κ1) is 11.4. The van der Waals surface area contributed by atoms with Gasteiger partial charge in [-0.15, -0.1) is 0 Å². The highest BCUT2D eigenvalue weighted by Crippen LogP contribution is 2.24. The molecule has 2 aliphatic rings. The van der Waals surface area contributed by atoms with Gasteiger partial charge in [-0.25, -0.2) is 0 Å². The van der Waals surface area contributed by atoms with Crippen LogP contribution in [0.3, 0.4) is 0 Å². The molecule has 2 fully saturated rings. The maximum atomic E-state index is 9.43. The molecule has 0 amide bonds. The summed E-state index contributed by atoms with van der Waals surface area (Å²) in [6.45, 7) is 2.92. The number of ether oxygens (including phenoxy) is 1. The van der Waals surface area contributed by atoms with Gasteiger partial charge in [-0.05, 0) is 51.0 Å². The van der Waals surface area contributed by atoms with Crippen LogP contribution < -0.4 is 5.32 Å². The van der Waals surface area contributed by atoms with Crippen molar-refractivity contribution >= 4 is 0 Å². The molecule has 0 aromatic heterocycles. The Kier molecular flexibility index (Phi) is 4.42. The molecule has 88 valence electrons. The van der Waals surface area contributed by atoms with Crippen LogP contribution in [-0.4, -0.2) is 37.0 Å². The van der Waals surface area contributed by atoms with Crippen molar-refractivity contribution in [3.63, 3.8) is 0 Å². The standard InChI is InChI=1S/C12H23NO2/c14-12-4-3-10(8-12)9-13-11-2-1-6-15-7-5-11/h10-14H,1-9H2. The van der Waals surface area contributed by atoms with E-state index in [4.69, 9.17) is 4.74 Å². The molecule has 0 aromatic rings. The lowest BCUT2D eigenvalue weighted by Gasteiger charge is -2.18. The van der Waals surface area contributed by atoms with Gasteiger partial charge in [0.25, 0.3) is 0 Å². The summed E-state index contributed by atoms with van der Waals surface area (Å²) >= 11 is 0. The normalized spacial score (nSPS) is 37.8. The molecule has 0 spiro atoms. The molecule has 1 saturated carbocycles. The molecule has 2 N–H and O–H groups in total. The van der Waals surface area contributed by atoms with Crippen molar-refractivity contribution < 1.29 is 9.84 Å². The van der Waals surface area contributed by atoms with Crippen LogP contribution in [0.5, 0.6) is 0 Å².